The molecule has 1 saturated heterocycles. The maximum atomic E-state index is 13.8. The van der Waals surface area contributed by atoms with Gasteiger partial charge < -0.3 is 19.7 Å². The highest BCUT2D eigenvalue weighted by Gasteiger charge is 2.75. The Morgan fingerprint density at radius 2 is 1.85 bits per heavy atom. The van der Waals surface area contributed by atoms with Gasteiger partial charge in [0, 0.05) is 39.8 Å². The number of hydrogen-bond donors (Lipinski definition) is 2. The molecule has 6 aliphatic rings. The molecule has 0 spiro atoms. The number of hydrogen-bond acceptors (Lipinski definition) is 7. The fourth-order valence-electron chi connectivity index (χ4n) is 10.4. The molecule has 2 heterocycles. The lowest BCUT2D eigenvalue weighted by atomic mass is 9.46. The van der Waals surface area contributed by atoms with Crippen LogP contribution in [0.5, 0.6) is 0 Å². The first-order valence-electron chi connectivity index (χ1n) is 17.0. The van der Waals surface area contributed by atoms with Gasteiger partial charge in [0.15, 0.2) is 23.5 Å². The largest absolute Gasteiger partial charge is 0.393 e. The normalized spacial score (nSPS) is 38.0. The van der Waals surface area contributed by atoms with E-state index in [1.165, 1.54) is 6.08 Å². The average Bonchev–Trinajstić information content (AvgIpc) is 3.70. The molecule has 2 aliphatic heterocycles. The minimum Gasteiger partial charge on any atom is -0.393 e. The van der Waals surface area contributed by atoms with E-state index in [1.54, 1.807) is 23.1 Å². The molecule has 8 rings (SSSR count). The summed E-state index contributed by atoms with van der Waals surface area (Å²) in [5, 5.41) is 22.2. The summed E-state index contributed by atoms with van der Waals surface area (Å²) in [5.74, 6) is -0.458. The number of amides is 1. The Morgan fingerprint density at radius 3 is 2.58 bits per heavy atom. The molecule has 8 nitrogen and oxygen atoms in total. The van der Waals surface area contributed by atoms with Crippen molar-refractivity contribution in [1.29, 1.82) is 0 Å². The summed E-state index contributed by atoms with van der Waals surface area (Å²) in [4.78, 5) is 40.0. The fraction of sp³-hybridized carbons (Fsp3) is 0.425. The lowest BCUT2D eigenvalue weighted by Gasteiger charge is -2.59. The van der Waals surface area contributed by atoms with Crippen LogP contribution in [0.3, 0.4) is 0 Å². The monoisotopic (exact) mass is 647 g/mol. The van der Waals surface area contributed by atoms with Crippen molar-refractivity contribution < 1.29 is 34.1 Å². The number of allylic oxidation sites excluding steroid dienone is 5. The van der Waals surface area contributed by atoms with Gasteiger partial charge in [0.2, 0.25) is 0 Å². The van der Waals surface area contributed by atoms with Crippen molar-refractivity contribution in [2.45, 2.75) is 70.1 Å². The zero-order valence-corrected chi connectivity index (χ0v) is 27.3. The van der Waals surface area contributed by atoms with Gasteiger partial charge in [0.1, 0.15) is 6.61 Å². The molecule has 248 valence electrons. The van der Waals surface area contributed by atoms with Crippen LogP contribution in [0.25, 0.3) is 0 Å². The maximum absolute atomic E-state index is 13.8. The summed E-state index contributed by atoms with van der Waals surface area (Å²) in [6.45, 7) is 7.47. The van der Waals surface area contributed by atoms with E-state index in [9.17, 15) is 24.6 Å². The van der Waals surface area contributed by atoms with Gasteiger partial charge in [-0.3, -0.25) is 19.3 Å². The summed E-state index contributed by atoms with van der Waals surface area (Å²) in [6, 6.07) is 15.8. The molecule has 0 aromatic heterocycles. The van der Waals surface area contributed by atoms with Gasteiger partial charge in [0.25, 0.3) is 5.91 Å². The highest BCUT2D eigenvalue weighted by Crippen LogP contribution is 2.70. The van der Waals surface area contributed by atoms with Gasteiger partial charge in [-0.05, 0) is 85.4 Å². The van der Waals surface area contributed by atoms with E-state index in [4.69, 9.17) is 9.47 Å². The summed E-state index contributed by atoms with van der Waals surface area (Å²) >= 11 is 0. The molecular weight excluding hydrogens is 606 g/mol. The first kappa shape index (κ1) is 31.3. The van der Waals surface area contributed by atoms with Gasteiger partial charge >= 0.3 is 0 Å². The summed E-state index contributed by atoms with van der Waals surface area (Å²) < 4.78 is 13.4. The second-order valence-corrected chi connectivity index (χ2v) is 14.9. The van der Waals surface area contributed by atoms with Crippen LogP contribution in [0.2, 0.25) is 0 Å². The topological polar surface area (TPSA) is 113 Å². The van der Waals surface area contributed by atoms with Crippen molar-refractivity contribution in [3.63, 3.8) is 0 Å². The number of benzene rings is 2. The van der Waals surface area contributed by atoms with Crippen molar-refractivity contribution in [1.82, 2.24) is 0 Å². The molecule has 0 radical (unpaired) electrons. The standard InChI is InChI=1S/C40H41NO7/c1-23-7-14-35(46)41(23)28-6-4-5-25(18-28)17-24-8-10-26(11-9-24)37-47-34-20-31-30-13-12-27-19-29(43)15-16-38(27,2)36(30)32(44)21-39(31,3)40(34,48-37)33(45)22-42/h4-11,14-16,18-19,30-32,34,36-37,42,44H,1,12-13,17,20-22H2,2-3H3/t30-,31-,32-,34+,36+,37+,38-,39-,40+/m0/s1. The molecular formula is C40H41NO7. The van der Waals surface area contributed by atoms with Crippen molar-refractivity contribution >= 4 is 23.2 Å². The number of ether oxygens (including phenoxy) is 2. The number of rotatable bonds is 6. The first-order chi connectivity index (χ1) is 23.0. The third-order valence-electron chi connectivity index (χ3n) is 12.5. The molecule has 9 atom stereocenters. The third-order valence-corrected chi connectivity index (χ3v) is 12.5. The predicted octanol–water partition coefficient (Wildman–Crippen LogP) is 5.30. The van der Waals surface area contributed by atoms with Crippen LogP contribution in [0, 0.1) is 28.6 Å². The summed E-state index contributed by atoms with van der Waals surface area (Å²) in [5.41, 5.74) is 2.82. The molecule has 1 amide bonds. The zero-order chi connectivity index (χ0) is 33.6. The number of carbonyl (C=O) groups excluding carboxylic acids is 3. The minimum atomic E-state index is -1.39. The molecule has 3 saturated carbocycles. The molecule has 4 fully saturated rings. The van der Waals surface area contributed by atoms with Gasteiger partial charge in [0.05, 0.1) is 12.2 Å². The quantitative estimate of drug-likeness (QED) is 0.438. The number of aliphatic hydroxyl groups excluding tert-OH is 2. The van der Waals surface area contributed by atoms with Crippen LogP contribution in [-0.2, 0) is 30.3 Å². The van der Waals surface area contributed by atoms with Gasteiger partial charge in [-0.1, -0.05) is 68.5 Å². The maximum Gasteiger partial charge on any atom is 0.255 e. The van der Waals surface area contributed by atoms with Crippen molar-refractivity contribution in [3.05, 3.63) is 113 Å². The second-order valence-electron chi connectivity index (χ2n) is 14.9. The molecule has 2 aromatic rings. The Hall–Kier alpha value is -3.95. The molecule has 0 bridgehead atoms. The van der Waals surface area contributed by atoms with E-state index in [0.717, 1.165) is 40.8 Å². The third kappa shape index (κ3) is 4.39. The van der Waals surface area contributed by atoms with Crippen molar-refractivity contribution in [2.75, 3.05) is 11.5 Å². The van der Waals surface area contributed by atoms with Crippen molar-refractivity contribution in [3.8, 4) is 0 Å². The van der Waals surface area contributed by atoms with E-state index in [2.05, 4.69) is 13.5 Å². The summed E-state index contributed by atoms with van der Waals surface area (Å²) in [6.07, 6.45) is 9.66. The molecule has 2 N–H and O–H groups in total. The lowest BCUT2D eigenvalue weighted by molar-refractivity contribution is -0.201. The van der Waals surface area contributed by atoms with Crippen LogP contribution in [0.1, 0.15) is 62.5 Å². The number of anilines is 1. The lowest BCUT2D eigenvalue weighted by Crippen LogP contribution is -2.63. The van der Waals surface area contributed by atoms with Crippen LogP contribution in [-0.4, -0.2) is 52.1 Å². The van der Waals surface area contributed by atoms with Gasteiger partial charge in [-0.15, -0.1) is 0 Å². The van der Waals surface area contributed by atoms with Crippen LogP contribution < -0.4 is 4.90 Å². The van der Waals surface area contributed by atoms with Crippen LogP contribution in [0.15, 0.2) is 96.8 Å². The molecule has 0 unspecified atom stereocenters. The molecule has 4 aliphatic carbocycles. The van der Waals surface area contributed by atoms with Crippen molar-refractivity contribution in [2.24, 2.45) is 28.6 Å². The molecule has 8 heteroatoms. The van der Waals surface area contributed by atoms with Gasteiger partial charge in [-0.2, -0.15) is 0 Å². The highest BCUT2D eigenvalue weighted by atomic mass is 16.7. The van der Waals surface area contributed by atoms with E-state index in [0.29, 0.717) is 25.0 Å². The number of Topliss-reactive ketones (excluding diaryl/α,β-unsaturated/α-hetero) is 1. The summed E-state index contributed by atoms with van der Waals surface area (Å²) in [7, 11) is 0. The highest BCUT2D eigenvalue weighted by molar-refractivity contribution is 6.08. The average molecular weight is 648 g/mol. The fourth-order valence-corrected chi connectivity index (χ4v) is 10.4. The number of aliphatic hydroxyl groups is 2. The number of ketones is 2. The Kier molecular flexibility index (Phi) is 7.20. The SMILES string of the molecule is C=C1C=CC(=O)N1c1cccc(Cc2ccc([C@@H]3O[C@@H]4C[C@H]5[C@@H]6CCC7=CC(=O)C=C[C@]7(C)[C@H]6[C@@H](O)C[C@]5(C)[C@]4(C(=O)CO)O3)cc2)c1. The second kappa shape index (κ2) is 11.0. The van der Waals surface area contributed by atoms with E-state index in [1.807, 2.05) is 61.5 Å². The predicted molar refractivity (Wildman–Crippen MR) is 178 cm³/mol. The smallest absolute Gasteiger partial charge is 0.255 e. The Labute approximate surface area is 280 Å². The van der Waals surface area contributed by atoms with Gasteiger partial charge in [-0.25, -0.2) is 0 Å². The first-order valence-corrected chi connectivity index (χ1v) is 17.0. The van der Waals surface area contributed by atoms with Crippen LogP contribution in [0.4, 0.5) is 5.69 Å². The zero-order valence-electron chi connectivity index (χ0n) is 27.3. The number of fused-ring (bicyclic) bond motifs is 7. The Balaban J connectivity index is 1.04. The van der Waals surface area contributed by atoms with E-state index < -0.39 is 47.3 Å². The molecule has 2 aromatic carbocycles. The van der Waals surface area contributed by atoms with E-state index in [-0.39, 0.29) is 29.4 Å². The van der Waals surface area contributed by atoms with Crippen LogP contribution >= 0.6 is 0 Å². The minimum absolute atomic E-state index is 0.00590. The molecule has 48 heavy (non-hydrogen) atoms. The Bertz CT molecular complexity index is 1810. The van der Waals surface area contributed by atoms with E-state index >= 15 is 0 Å². The number of carbonyl (C=O) groups is 3. The number of nitrogens with zero attached hydrogens (tertiary/aromatic N) is 1. The Morgan fingerprint density at radius 1 is 1.06 bits per heavy atom.